The number of methoxy groups -OCH3 is 1. The number of ether oxygens (including phenoxy) is 1. The fraction of sp³-hybridized carbons (Fsp3) is 0.308. The van der Waals surface area contributed by atoms with Crippen LogP contribution in [-0.4, -0.2) is 17.1 Å². The molecule has 4 nitrogen and oxygen atoms in total. The molecule has 0 aliphatic carbocycles. The molecule has 0 radical (unpaired) electrons. The van der Waals surface area contributed by atoms with Crippen molar-refractivity contribution in [3.63, 3.8) is 0 Å². The molecule has 0 aliphatic heterocycles. The number of nitrogens with one attached hydrogen (secondary N) is 1. The number of aromatic amines is 1. The third-order valence-corrected chi connectivity index (χ3v) is 3.54. The number of imidazole rings is 1. The summed E-state index contributed by atoms with van der Waals surface area (Å²) in [5, 5.41) is 0. The molecule has 0 saturated heterocycles. The molecule has 0 spiro atoms. The van der Waals surface area contributed by atoms with E-state index in [1.165, 1.54) is 0 Å². The van der Waals surface area contributed by atoms with E-state index in [9.17, 15) is 0 Å². The zero-order valence-electron chi connectivity index (χ0n) is 10.7. The smallest absolute Gasteiger partial charge is 0.175 e. The van der Waals surface area contributed by atoms with Gasteiger partial charge in [-0.15, -0.1) is 0 Å². The van der Waals surface area contributed by atoms with E-state index in [0.717, 1.165) is 33.8 Å². The molecule has 0 aliphatic rings. The van der Waals surface area contributed by atoms with Crippen molar-refractivity contribution in [2.75, 3.05) is 7.11 Å². The van der Waals surface area contributed by atoms with Crippen molar-refractivity contribution in [1.29, 1.82) is 0 Å². The zero-order chi connectivity index (χ0) is 13.3. The van der Waals surface area contributed by atoms with Crippen molar-refractivity contribution in [3.05, 3.63) is 33.7 Å². The van der Waals surface area contributed by atoms with Crippen LogP contribution in [0.3, 0.4) is 0 Å². The van der Waals surface area contributed by atoms with E-state index >= 15 is 0 Å². The Kier molecular flexibility index (Phi) is 3.73. The van der Waals surface area contributed by atoms with Crippen LogP contribution in [0.25, 0.3) is 11.3 Å². The summed E-state index contributed by atoms with van der Waals surface area (Å²) in [5.74, 6) is 0.889. The van der Waals surface area contributed by atoms with Crippen LogP contribution in [0.15, 0.2) is 16.9 Å². The van der Waals surface area contributed by atoms with Gasteiger partial charge in [-0.3, -0.25) is 0 Å². The van der Waals surface area contributed by atoms with Crippen LogP contribution < -0.4 is 10.5 Å². The maximum absolute atomic E-state index is 5.73. The standard InChI is InChI=1S/C13H16BrN3O/c1-7-8(2)11(18-3)5-4-9(7)12-10(6-15)16-13(14)17-12/h4-5H,6,15H2,1-3H3,(H,16,17). The molecule has 1 aromatic carbocycles. The third kappa shape index (κ3) is 2.15. The quantitative estimate of drug-likeness (QED) is 0.916. The molecular formula is C13H16BrN3O. The molecule has 0 bridgehead atoms. The number of H-pyrrole nitrogens is 1. The number of benzene rings is 1. The molecule has 0 unspecified atom stereocenters. The van der Waals surface area contributed by atoms with Gasteiger partial charge < -0.3 is 15.5 Å². The van der Waals surface area contributed by atoms with Crippen molar-refractivity contribution in [3.8, 4) is 17.0 Å². The Hall–Kier alpha value is -1.33. The lowest BCUT2D eigenvalue weighted by Crippen LogP contribution is -2.00. The van der Waals surface area contributed by atoms with Crippen molar-refractivity contribution in [1.82, 2.24) is 9.97 Å². The van der Waals surface area contributed by atoms with E-state index in [2.05, 4.69) is 32.8 Å². The molecule has 5 heteroatoms. The first-order chi connectivity index (χ1) is 8.58. The first kappa shape index (κ1) is 13.1. The van der Waals surface area contributed by atoms with E-state index in [1.54, 1.807) is 7.11 Å². The summed E-state index contributed by atoms with van der Waals surface area (Å²) in [5.41, 5.74) is 10.9. The molecule has 2 rings (SSSR count). The van der Waals surface area contributed by atoms with Crippen LogP contribution >= 0.6 is 15.9 Å². The van der Waals surface area contributed by atoms with E-state index in [0.29, 0.717) is 11.3 Å². The first-order valence-corrected chi connectivity index (χ1v) is 6.46. The van der Waals surface area contributed by atoms with Gasteiger partial charge in [0.15, 0.2) is 4.73 Å². The largest absolute Gasteiger partial charge is 0.496 e. The first-order valence-electron chi connectivity index (χ1n) is 5.67. The molecule has 0 atom stereocenters. The minimum atomic E-state index is 0.429. The highest BCUT2D eigenvalue weighted by molar-refractivity contribution is 9.10. The Morgan fingerprint density at radius 2 is 2.06 bits per heavy atom. The molecule has 0 saturated carbocycles. The summed E-state index contributed by atoms with van der Waals surface area (Å²) in [6, 6.07) is 3.98. The number of halogens is 1. The zero-order valence-corrected chi connectivity index (χ0v) is 12.3. The number of nitrogens with two attached hydrogens (primary N) is 1. The van der Waals surface area contributed by atoms with Gasteiger partial charge >= 0.3 is 0 Å². The normalized spacial score (nSPS) is 10.7. The second-order valence-corrected chi connectivity index (χ2v) is 4.88. The second-order valence-electron chi connectivity index (χ2n) is 4.12. The van der Waals surface area contributed by atoms with Gasteiger partial charge in [-0.2, -0.15) is 0 Å². The summed E-state index contributed by atoms with van der Waals surface area (Å²) in [4.78, 5) is 7.57. The highest BCUT2D eigenvalue weighted by Crippen LogP contribution is 2.32. The summed E-state index contributed by atoms with van der Waals surface area (Å²) in [6.45, 7) is 4.54. The third-order valence-electron chi connectivity index (χ3n) is 3.17. The Balaban J connectivity index is 2.61. The molecule has 0 fully saturated rings. The molecule has 18 heavy (non-hydrogen) atoms. The molecular weight excluding hydrogens is 294 g/mol. The fourth-order valence-corrected chi connectivity index (χ4v) is 2.44. The maximum atomic E-state index is 5.73. The number of hydrogen-bond acceptors (Lipinski definition) is 3. The van der Waals surface area contributed by atoms with Crippen molar-refractivity contribution >= 4 is 15.9 Å². The van der Waals surface area contributed by atoms with Crippen LogP contribution in [-0.2, 0) is 6.54 Å². The Bertz CT molecular complexity index is 578. The molecule has 0 amide bonds. The lowest BCUT2D eigenvalue weighted by Gasteiger charge is -2.12. The van der Waals surface area contributed by atoms with E-state index in [-0.39, 0.29) is 0 Å². The summed E-state index contributed by atoms with van der Waals surface area (Å²) in [6.07, 6.45) is 0. The van der Waals surface area contributed by atoms with Gasteiger partial charge in [-0.05, 0) is 53.0 Å². The van der Waals surface area contributed by atoms with Crippen LogP contribution in [0.1, 0.15) is 16.8 Å². The van der Waals surface area contributed by atoms with Gasteiger partial charge in [0.25, 0.3) is 0 Å². The van der Waals surface area contributed by atoms with Crippen LogP contribution in [0.4, 0.5) is 0 Å². The average molecular weight is 310 g/mol. The van der Waals surface area contributed by atoms with Gasteiger partial charge in [0.2, 0.25) is 0 Å². The van der Waals surface area contributed by atoms with Crippen molar-refractivity contribution < 1.29 is 4.74 Å². The Morgan fingerprint density at radius 3 is 2.67 bits per heavy atom. The number of aromatic nitrogens is 2. The lowest BCUT2D eigenvalue weighted by molar-refractivity contribution is 0.411. The maximum Gasteiger partial charge on any atom is 0.175 e. The number of rotatable bonds is 3. The predicted molar refractivity (Wildman–Crippen MR) is 75.6 cm³/mol. The minimum Gasteiger partial charge on any atom is -0.496 e. The highest BCUT2D eigenvalue weighted by Gasteiger charge is 2.14. The van der Waals surface area contributed by atoms with Gasteiger partial charge in [-0.1, -0.05) is 0 Å². The summed E-state index contributed by atoms with van der Waals surface area (Å²) >= 11 is 3.35. The highest BCUT2D eigenvalue weighted by atomic mass is 79.9. The SMILES string of the molecule is COc1ccc(-c2nc(Br)[nH]c2CN)c(C)c1C. The van der Waals surface area contributed by atoms with Crippen LogP contribution in [0.5, 0.6) is 5.75 Å². The van der Waals surface area contributed by atoms with E-state index < -0.39 is 0 Å². The Morgan fingerprint density at radius 1 is 1.33 bits per heavy atom. The molecule has 3 N–H and O–H groups in total. The topological polar surface area (TPSA) is 63.9 Å². The second kappa shape index (κ2) is 5.12. The lowest BCUT2D eigenvalue weighted by atomic mass is 9.99. The summed E-state index contributed by atoms with van der Waals surface area (Å²) < 4.78 is 6.02. The Labute approximate surface area is 115 Å². The van der Waals surface area contributed by atoms with Gasteiger partial charge in [-0.25, -0.2) is 4.98 Å². The molecule has 1 heterocycles. The van der Waals surface area contributed by atoms with Gasteiger partial charge in [0, 0.05) is 12.1 Å². The van der Waals surface area contributed by atoms with Crippen molar-refractivity contribution in [2.24, 2.45) is 5.73 Å². The van der Waals surface area contributed by atoms with Crippen LogP contribution in [0, 0.1) is 13.8 Å². The predicted octanol–water partition coefficient (Wildman–Crippen LogP) is 2.92. The average Bonchev–Trinajstić information content (AvgIpc) is 2.73. The van der Waals surface area contributed by atoms with Crippen LogP contribution in [0.2, 0.25) is 0 Å². The number of hydrogen-bond donors (Lipinski definition) is 2. The molecule has 1 aromatic heterocycles. The van der Waals surface area contributed by atoms with Gasteiger partial charge in [0.1, 0.15) is 5.75 Å². The molecule has 96 valence electrons. The number of nitrogens with zero attached hydrogens (tertiary/aromatic N) is 1. The fourth-order valence-electron chi connectivity index (χ4n) is 2.02. The monoisotopic (exact) mass is 309 g/mol. The molecule has 2 aromatic rings. The summed E-state index contributed by atoms with van der Waals surface area (Å²) in [7, 11) is 1.68. The minimum absolute atomic E-state index is 0.429. The van der Waals surface area contributed by atoms with Crippen molar-refractivity contribution in [2.45, 2.75) is 20.4 Å². The van der Waals surface area contributed by atoms with Gasteiger partial charge in [0.05, 0.1) is 18.5 Å². The van der Waals surface area contributed by atoms with E-state index in [4.69, 9.17) is 10.5 Å². The van der Waals surface area contributed by atoms with E-state index in [1.807, 2.05) is 19.1 Å².